The minimum atomic E-state index is -3.58. The van der Waals surface area contributed by atoms with Gasteiger partial charge in [0.15, 0.2) is 0 Å². The van der Waals surface area contributed by atoms with Gasteiger partial charge in [0.1, 0.15) is 15.5 Å². The fourth-order valence-corrected chi connectivity index (χ4v) is 16.1. The molecule has 1 saturated heterocycles. The number of amides is 3. The van der Waals surface area contributed by atoms with E-state index in [9.17, 15) is 9.59 Å². The van der Waals surface area contributed by atoms with Crippen LogP contribution in [0.4, 0.5) is 15.3 Å². The predicted molar refractivity (Wildman–Crippen MR) is 206 cm³/mol. The van der Waals surface area contributed by atoms with Gasteiger partial charge in [-0.2, -0.15) is 0 Å². The van der Waals surface area contributed by atoms with Gasteiger partial charge in [0.2, 0.25) is 0 Å². The van der Waals surface area contributed by atoms with Gasteiger partial charge in [0, 0.05) is 17.6 Å². The number of ether oxygens (including phenoxy) is 1. The van der Waals surface area contributed by atoms with Gasteiger partial charge >= 0.3 is 12.1 Å². The molecule has 2 N–H and O–H groups in total. The van der Waals surface area contributed by atoms with E-state index >= 15 is 4.21 Å². The zero-order valence-corrected chi connectivity index (χ0v) is 32.2. The second-order valence-corrected chi connectivity index (χ2v) is 22.3. The Hall–Kier alpha value is -3.89. The molecule has 1 fully saturated rings. The second kappa shape index (κ2) is 14.0. The van der Waals surface area contributed by atoms with Crippen molar-refractivity contribution in [3.8, 4) is 0 Å². The molecule has 50 heavy (non-hydrogen) atoms. The summed E-state index contributed by atoms with van der Waals surface area (Å²) in [4.78, 5) is 29.1. The summed E-state index contributed by atoms with van der Waals surface area (Å²) in [5, 5.41) is 6.30. The summed E-state index contributed by atoms with van der Waals surface area (Å²) in [6, 6.07) is 21.6. The zero-order chi connectivity index (χ0) is 35.7. The number of anilines is 1. The molecular formula is C40H52N4O4SSi. The van der Waals surface area contributed by atoms with E-state index in [-0.39, 0.29) is 6.04 Å². The minimum absolute atomic E-state index is 0.342. The number of carbonyl (C=O) groups is 2. The van der Waals surface area contributed by atoms with Gasteiger partial charge in [-0.05, 0) is 110 Å². The fourth-order valence-electron chi connectivity index (χ4n) is 7.90. The molecule has 0 saturated carbocycles. The second-order valence-electron chi connectivity index (χ2n) is 15.9. The SMILES string of the molecule is CC(C)(C)OC(=O)N1CCC[C@@H]1/C=C/S(=O)(=N[Si](c1ccccc1)(c1ccccc1)C(C)(C)C)NC(=O)Nc1c2c(cc3c1CCC3)CCC2. The first kappa shape index (κ1) is 35.9. The van der Waals surface area contributed by atoms with Gasteiger partial charge in [0.05, 0.1) is 6.04 Å². The Labute approximate surface area is 299 Å². The third-order valence-electron chi connectivity index (χ3n) is 10.1. The van der Waals surface area contributed by atoms with E-state index in [4.69, 9.17) is 8.77 Å². The number of urea groups is 1. The summed E-state index contributed by atoms with van der Waals surface area (Å²) in [5.74, 6) is 0. The van der Waals surface area contributed by atoms with E-state index in [2.05, 4.69) is 61.1 Å². The highest BCUT2D eigenvalue weighted by molar-refractivity contribution is 7.96. The lowest BCUT2D eigenvalue weighted by molar-refractivity contribution is 0.0256. The minimum Gasteiger partial charge on any atom is -0.444 e. The summed E-state index contributed by atoms with van der Waals surface area (Å²) in [5.41, 5.74) is 5.26. The summed E-state index contributed by atoms with van der Waals surface area (Å²) >= 11 is 0. The third-order valence-corrected chi connectivity index (χ3v) is 17.8. The average Bonchev–Trinajstić information content (AvgIpc) is 3.83. The number of benzene rings is 3. The first-order chi connectivity index (χ1) is 23.7. The van der Waals surface area contributed by atoms with Crippen LogP contribution in [0.25, 0.3) is 0 Å². The van der Waals surface area contributed by atoms with Crippen LogP contribution in [0.5, 0.6) is 0 Å². The van der Waals surface area contributed by atoms with Crippen molar-refractivity contribution in [2.24, 2.45) is 4.03 Å². The lowest BCUT2D eigenvalue weighted by Crippen LogP contribution is -2.64. The van der Waals surface area contributed by atoms with Gasteiger partial charge in [0.25, 0.3) is 8.24 Å². The van der Waals surface area contributed by atoms with Gasteiger partial charge in [-0.1, -0.05) is 93.6 Å². The molecule has 1 aliphatic heterocycles. The highest BCUT2D eigenvalue weighted by Gasteiger charge is 2.50. The van der Waals surface area contributed by atoms with Crippen LogP contribution in [-0.4, -0.2) is 47.7 Å². The molecule has 6 rings (SSSR count). The maximum atomic E-state index is 15.6. The molecule has 0 spiro atoms. The predicted octanol–water partition coefficient (Wildman–Crippen LogP) is 7.64. The molecule has 0 radical (unpaired) electrons. The molecular weight excluding hydrogens is 661 g/mol. The number of hydrogen-bond acceptors (Lipinski definition) is 5. The molecule has 0 aromatic heterocycles. The first-order valence-electron chi connectivity index (χ1n) is 18.0. The molecule has 3 amide bonds. The molecule has 10 heteroatoms. The van der Waals surface area contributed by atoms with E-state index in [1.165, 1.54) is 22.3 Å². The number of aryl methyl sites for hydroxylation is 2. The quantitative estimate of drug-likeness (QED) is 0.246. The first-order valence-corrected chi connectivity index (χ1v) is 21.5. The van der Waals surface area contributed by atoms with Crippen LogP contribution >= 0.6 is 0 Å². The molecule has 2 atom stereocenters. The third kappa shape index (κ3) is 7.42. The maximum Gasteiger partial charge on any atom is 0.410 e. The Morgan fingerprint density at radius 3 is 1.94 bits per heavy atom. The molecule has 3 aliphatic rings. The van der Waals surface area contributed by atoms with E-state index in [0.717, 1.165) is 61.0 Å². The Bertz CT molecular complexity index is 1820. The van der Waals surface area contributed by atoms with Crippen LogP contribution in [0.3, 0.4) is 0 Å². The largest absolute Gasteiger partial charge is 0.444 e. The normalized spacial score (nSPS) is 18.8. The van der Waals surface area contributed by atoms with Crippen LogP contribution in [-0.2, 0) is 40.3 Å². The highest BCUT2D eigenvalue weighted by Crippen LogP contribution is 2.40. The van der Waals surface area contributed by atoms with E-state index < -0.39 is 40.9 Å². The van der Waals surface area contributed by atoms with Crippen molar-refractivity contribution in [1.29, 1.82) is 0 Å². The van der Waals surface area contributed by atoms with Crippen molar-refractivity contribution >= 4 is 46.3 Å². The molecule has 1 heterocycles. The molecule has 3 aromatic carbocycles. The Morgan fingerprint density at radius 2 is 1.42 bits per heavy atom. The van der Waals surface area contributed by atoms with Crippen LogP contribution in [0.15, 0.2) is 82.2 Å². The number of nitrogens with zero attached hydrogens (tertiary/aromatic N) is 2. The number of fused-ring (bicyclic) bond motifs is 2. The lowest BCUT2D eigenvalue weighted by atomic mass is 9.99. The van der Waals surface area contributed by atoms with Crippen LogP contribution in [0, 0.1) is 0 Å². The van der Waals surface area contributed by atoms with Crippen molar-refractivity contribution in [3.63, 3.8) is 0 Å². The van der Waals surface area contributed by atoms with Crippen molar-refractivity contribution in [2.45, 2.75) is 110 Å². The zero-order valence-electron chi connectivity index (χ0n) is 30.4. The highest BCUT2D eigenvalue weighted by atomic mass is 32.2. The molecule has 1 unspecified atom stereocenters. The molecule has 3 aromatic rings. The van der Waals surface area contributed by atoms with Crippen molar-refractivity contribution in [1.82, 2.24) is 9.62 Å². The Morgan fingerprint density at radius 1 is 0.860 bits per heavy atom. The van der Waals surface area contributed by atoms with Crippen LogP contribution < -0.4 is 20.4 Å². The topological polar surface area (TPSA) is 100 Å². The fraction of sp³-hybridized carbons (Fsp3) is 0.450. The maximum absolute atomic E-state index is 15.6. The van der Waals surface area contributed by atoms with E-state index in [1.54, 1.807) is 16.4 Å². The van der Waals surface area contributed by atoms with Crippen LogP contribution in [0.1, 0.15) is 89.5 Å². The Kier molecular flexibility index (Phi) is 10.1. The summed E-state index contributed by atoms with van der Waals surface area (Å²) in [7, 11) is -6.85. The van der Waals surface area contributed by atoms with Crippen molar-refractivity contribution in [3.05, 3.63) is 100 Å². The number of likely N-dealkylation sites (tertiary alicyclic amines) is 1. The number of rotatable bonds is 7. The Balaban J connectivity index is 1.47. The number of nitrogens with one attached hydrogen (secondary N) is 2. The van der Waals surface area contributed by atoms with E-state index in [0.29, 0.717) is 13.0 Å². The number of hydrogen-bond donors (Lipinski definition) is 2. The monoisotopic (exact) mass is 712 g/mol. The van der Waals surface area contributed by atoms with Gasteiger partial charge in [-0.25, -0.2) is 22.5 Å². The molecule has 2 aliphatic carbocycles. The van der Waals surface area contributed by atoms with Gasteiger partial charge in [-0.3, -0.25) is 0 Å². The van der Waals surface area contributed by atoms with E-state index in [1.807, 2.05) is 57.2 Å². The summed E-state index contributed by atoms with van der Waals surface area (Å²) in [6.45, 7) is 12.5. The van der Waals surface area contributed by atoms with Crippen molar-refractivity contribution < 1.29 is 18.5 Å². The average molecular weight is 713 g/mol. The van der Waals surface area contributed by atoms with Crippen LogP contribution in [0.2, 0.25) is 5.04 Å². The lowest BCUT2D eigenvalue weighted by Gasteiger charge is -2.40. The molecule has 8 nitrogen and oxygen atoms in total. The van der Waals surface area contributed by atoms with Gasteiger partial charge in [-0.15, -0.1) is 0 Å². The van der Waals surface area contributed by atoms with Gasteiger partial charge < -0.3 is 15.0 Å². The molecule has 266 valence electrons. The van der Waals surface area contributed by atoms with Crippen molar-refractivity contribution in [2.75, 3.05) is 11.9 Å². The molecule has 0 bridgehead atoms. The standard InChI is InChI=1S/C40H52N4O4SSi/c1-39(2,3)48-38(46)44-26-15-18-31(44)25-27-49(47,42-37(45)41-36-34-23-13-16-29(34)28-30-17-14-24-35(30)36)43-50(40(4,5)6,32-19-9-7-10-20-32)33-21-11-8-12-22-33/h7-12,19-22,25,27-28,31H,13-18,23-24,26H2,1-6H3,(H2,41,42,43,45,47)/b27-25+/t31-,49?/m1/s1. The summed E-state index contributed by atoms with van der Waals surface area (Å²) in [6.07, 6.45) is 8.85. The number of carbonyl (C=O) groups excluding carboxylic acids is 2. The smallest absolute Gasteiger partial charge is 0.410 e. The summed E-state index contributed by atoms with van der Waals surface area (Å²) < 4.78 is 29.7.